The monoisotopic (exact) mass is 266 g/mol. The van der Waals surface area contributed by atoms with Gasteiger partial charge in [0.1, 0.15) is 10.8 Å². The minimum Gasteiger partial charge on any atom is -0.395 e. The number of hydrogen-bond donors (Lipinski definition) is 3. The van der Waals surface area contributed by atoms with Gasteiger partial charge in [-0.25, -0.2) is 0 Å². The van der Waals surface area contributed by atoms with Crippen molar-refractivity contribution in [2.45, 2.75) is 0 Å². The first kappa shape index (κ1) is 13.3. The SMILES string of the molecule is O=C(c1cc(Cl)c(Cl)[nH]1)N(CCO)CCO. The van der Waals surface area contributed by atoms with E-state index >= 15 is 0 Å². The van der Waals surface area contributed by atoms with Crippen molar-refractivity contribution in [3.05, 3.63) is 21.9 Å². The molecule has 3 N–H and O–H groups in total. The molecule has 0 unspecified atom stereocenters. The molecule has 1 aromatic rings. The Balaban J connectivity index is 2.81. The van der Waals surface area contributed by atoms with Gasteiger partial charge in [0.05, 0.1) is 18.2 Å². The van der Waals surface area contributed by atoms with E-state index in [9.17, 15) is 4.79 Å². The van der Waals surface area contributed by atoms with Gasteiger partial charge in [0, 0.05) is 13.1 Å². The summed E-state index contributed by atoms with van der Waals surface area (Å²) in [6, 6.07) is 1.41. The predicted molar refractivity (Wildman–Crippen MR) is 60.9 cm³/mol. The highest BCUT2D eigenvalue weighted by atomic mass is 35.5. The molecule has 0 aliphatic heterocycles. The number of nitrogens with zero attached hydrogens (tertiary/aromatic N) is 1. The van der Waals surface area contributed by atoms with Crippen LogP contribution in [0, 0.1) is 0 Å². The molecule has 0 saturated carbocycles. The molecule has 1 amide bonds. The quantitative estimate of drug-likeness (QED) is 0.736. The molecule has 0 saturated heterocycles. The Bertz CT molecular complexity index is 342. The van der Waals surface area contributed by atoms with E-state index in [1.165, 1.54) is 11.0 Å². The Kier molecular flexibility index (Phi) is 5.08. The van der Waals surface area contributed by atoms with Crippen LogP contribution in [-0.2, 0) is 0 Å². The number of halogens is 2. The number of aromatic nitrogens is 1. The summed E-state index contributed by atoms with van der Waals surface area (Å²) in [7, 11) is 0. The average Bonchev–Trinajstić information content (AvgIpc) is 2.58. The Labute approximate surface area is 103 Å². The maximum absolute atomic E-state index is 11.8. The van der Waals surface area contributed by atoms with Crippen LogP contribution in [0.15, 0.2) is 6.07 Å². The van der Waals surface area contributed by atoms with E-state index in [-0.39, 0.29) is 48.1 Å². The first-order chi connectivity index (χ1) is 7.60. The maximum Gasteiger partial charge on any atom is 0.270 e. The van der Waals surface area contributed by atoms with Crippen LogP contribution < -0.4 is 0 Å². The summed E-state index contributed by atoms with van der Waals surface area (Å²) in [5, 5.41) is 18.0. The molecular formula is C9H12Cl2N2O3. The van der Waals surface area contributed by atoms with Crippen molar-refractivity contribution < 1.29 is 15.0 Å². The number of carbonyl (C=O) groups excluding carboxylic acids is 1. The van der Waals surface area contributed by atoms with E-state index in [1.807, 2.05) is 0 Å². The molecule has 0 spiro atoms. The van der Waals surface area contributed by atoms with Gasteiger partial charge in [0.2, 0.25) is 0 Å². The molecule has 0 aromatic carbocycles. The lowest BCUT2D eigenvalue weighted by molar-refractivity contribution is 0.0679. The predicted octanol–water partition coefficient (Wildman–Crippen LogP) is 0.748. The zero-order valence-electron chi connectivity index (χ0n) is 8.41. The molecule has 0 aliphatic carbocycles. The van der Waals surface area contributed by atoms with Crippen molar-refractivity contribution in [3.8, 4) is 0 Å². The fourth-order valence-corrected chi connectivity index (χ4v) is 1.56. The highest BCUT2D eigenvalue weighted by molar-refractivity contribution is 6.41. The second-order valence-electron chi connectivity index (χ2n) is 3.08. The van der Waals surface area contributed by atoms with Gasteiger partial charge in [0.25, 0.3) is 5.91 Å². The van der Waals surface area contributed by atoms with Crippen molar-refractivity contribution in [3.63, 3.8) is 0 Å². The fourth-order valence-electron chi connectivity index (χ4n) is 1.25. The van der Waals surface area contributed by atoms with Crippen LogP contribution in [-0.4, -0.2) is 52.3 Å². The van der Waals surface area contributed by atoms with Crippen LogP contribution in [0.4, 0.5) is 0 Å². The highest BCUT2D eigenvalue weighted by Gasteiger charge is 2.17. The normalized spacial score (nSPS) is 10.5. The summed E-state index contributed by atoms with van der Waals surface area (Å²) in [5.41, 5.74) is 0.233. The van der Waals surface area contributed by atoms with Crippen LogP contribution >= 0.6 is 23.2 Å². The Morgan fingerprint density at radius 2 is 1.88 bits per heavy atom. The van der Waals surface area contributed by atoms with Crippen LogP contribution in [0.5, 0.6) is 0 Å². The molecule has 0 radical (unpaired) electrons. The third kappa shape index (κ3) is 3.12. The minimum atomic E-state index is -0.364. The summed E-state index contributed by atoms with van der Waals surface area (Å²) >= 11 is 11.4. The average molecular weight is 267 g/mol. The van der Waals surface area contributed by atoms with E-state index in [0.717, 1.165) is 0 Å². The third-order valence-electron chi connectivity index (χ3n) is 1.98. The van der Waals surface area contributed by atoms with Crippen molar-refractivity contribution in [2.75, 3.05) is 26.3 Å². The lowest BCUT2D eigenvalue weighted by Crippen LogP contribution is -2.36. The molecule has 16 heavy (non-hydrogen) atoms. The summed E-state index contributed by atoms with van der Waals surface area (Å²) in [4.78, 5) is 15.8. The van der Waals surface area contributed by atoms with Gasteiger partial charge in [-0.15, -0.1) is 0 Å². The number of aliphatic hydroxyl groups is 2. The van der Waals surface area contributed by atoms with Crippen LogP contribution in [0.3, 0.4) is 0 Å². The molecule has 0 fully saturated rings. The molecule has 0 bridgehead atoms. The van der Waals surface area contributed by atoms with Gasteiger partial charge in [-0.1, -0.05) is 23.2 Å². The van der Waals surface area contributed by atoms with Crippen molar-refractivity contribution in [2.24, 2.45) is 0 Å². The van der Waals surface area contributed by atoms with E-state index in [1.54, 1.807) is 0 Å². The molecule has 1 heterocycles. The topological polar surface area (TPSA) is 76.6 Å². The van der Waals surface area contributed by atoms with Gasteiger partial charge in [0.15, 0.2) is 0 Å². The number of carbonyl (C=O) groups is 1. The van der Waals surface area contributed by atoms with E-state index in [0.29, 0.717) is 0 Å². The summed E-state index contributed by atoms with van der Waals surface area (Å²) < 4.78 is 0. The zero-order chi connectivity index (χ0) is 12.1. The van der Waals surface area contributed by atoms with E-state index < -0.39 is 0 Å². The lowest BCUT2D eigenvalue weighted by Gasteiger charge is -2.19. The Morgan fingerprint density at radius 1 is 1.31 bits per heavy atom. The molecule has 90 valence electrons. The molecule has 1 rings (SSSR count). The molecule has 5 nitrogen and oxygen atoms in total. The molecular weight excluding hydrogens is 255 g/mol. The van der Waals surface area contributed by atoms with Crippen LogP contribution in [0.1, 0.15) is 10.5 Å². The lowest BCUT2D eigenvalue weighted by atomic mass is 10.3. The number of aromatic amines is 1. The van der Waals surface area contributed by atoms with Gasteiger partial charge in [-0.2, -0.15) is 0 Å². The Morgan fingerprint density at radius 3 is 2.25 bits per heavy atom. The number of H-pyrrole nitrogens is 1. The number of nitrogens with one attached hydrogen (secondary N) is 1. The van der Waals surface area contributed by atoms with Crippen molar-refractivity contribution in [1.82, 2.24) is 9.88 Å². The number of aliphatic hydroxyl groups excluding tert-OH is 2. The molecule has 1 aromatic heterocycles. The largest absolute Gasteiger partial charge is 0.395 e. The van der Waals surface area contributed by atoms with E-state index in [2.05, 4.69) is 4.98 Å². The minimum absolute atomic E-state index is 0.146. The Hall–Kier alpha value is -0.750. The van der Waals surface area contributed by atoms with Gasteiger partial charge >= 0.3 is 0 Å². The van der Waals surface area contributed by atoms with Crippen molar-refractivity contribution in [1.29, 1.82) is 0 Å². The fraction of sp³-hybridized carbons (Fsp3) is 0.444. The first-order valence-electron chi connectivity index (χ1n) is 4.65. The smallest absolute Gasteiger partial charge is 0.270 e. The third-order valence-corrected chi connectivity index (χ3v) is 2.68. The summed E-state index contributed by atoms with van der Waals surface area (Å²) in [5.74, 6) is -0.364. The highest BCUT2D eigenvalue weighted by Crippen LogP contribution is 2.22. The second kappa shape index (κ2) is 6.10. The molecule has 7 heteroatoms. The first-order valence-corrected chi connectivity index (χ1v) is 5.40. The van der Waals surface area contributed by atoms with Gasteiger partial charge in [-0.3, -0.25) is 4.79 Å². The summed E-state index contributed by atoms with van der Waals surface area (Å²) in [6.45, 7) is -0.0525. The zero-order valence-corrected chi connectivity index (χ0v) is 9.92. The van der Waals surface area contributed by atoms with E-state index in [4.69, 9.17) is 33.4 Å². The number of rotatable bonds is 5. The number of amides is 1. The number of hydrogen-bond acceptors (Lipinski definition) is 3. The van der Waals surface area contributed by atoms with Gasteiger partial charge < -0.3 is 20.1 Å². The standard InChI is InChI=1S/C9H12Cl2N2O3/c10-6-5-7(12-8(6)11)9(16)13(1-3-14)2-4-15/h5,12,14-15H,1-4H2. The maximum atomic E-state index is 11.8. The second-order valence-corrected chi connectivity index (χ2v) is 3.87. The molecule has 0 aliphatic rings. The summed E-state index contributed by atoms with van der Waals surface area (Å²) in [6.07, 6.45) is 0. The van der Waals surface area contributed by atoms with Gasteiger partial charge in [-0.05, 0) is 6.07 Å². The van der Waals surface area contributed by atoms with Crippen LogP contribution in [0.25, 0.3) is 0 Å². The molecule has 0 atom stereocenters. The van der Waals surface area contributed by atoms with Crippen LogP contribution in [0.2, 0.25) is 10.2 Å². The van der Waals surface area contributed by atoms with Crippen molar-refractivity contribution >= 4 is 29.1 Å².